The van der Waals surface area contributed by atoms with Crippen molar-refractivity contribution in [3.63, 3.8) is 0 Å². The highest BCUT2D eigenvalue weighted by Crippen LogP contribution is 2.28. The third-order valence-electron chi connectivity index (χ3n) is 4.61. The number of aliphatic hydroxyl groups is 1. The van der Waals surface area contributed by atoms with Gasteiger partial charge in [-0.3, -0.25) is 9.78 Å². The SMILES string of the molecule is Cc1onc(-c2ccccn2)c1C(=O)Nc1ccc2c(c1)CCCC(O)N2. The fourth-order valence-electron chi connectivity index (χ4n) is 3.27. The number of rotatable bonds is 3. The van der Waals surface area contributed by atoms with Crippen LogP contribution in [0.4, 0.5) is 11.4 Å². The van der Waals surface area contributed by atoms with Gasteiger partial charge in [0.2, 0.25) is 0 Å². The highest BCUT2D eigenvalue weighted by atomic mass is 16.5. The van der Waals surface area contributed by atoms with Crippen LogP contribution in [-0.4, -0.2) is 27.4 Å². The molecule has 0 bridgehead atoms. The number of aliphatic hydroxyl groups excluding tert-OH is 1. The Morgan fingerprint density at radius 1 is 1.33 bits per heavy atom. The number of nitrogens with zero attached hydrogens (tertiary/aromatic N) is 2. The monoisotopic (exact) mass is 364 g/mol. The van der Waals surface area contributed by atoms with Crippen LogP contribution in [0.15, 0.2) is 47.1 Å². The van der Waals surface area contributed by atoms with Gasteiger partial charge in [-0.1, -0.05) is 11.2 Å². The number of nitrogens with one attached hydrogen (secondary N) is 2. The van der Waals surface area contributed by atoms with Crippen LogP contribution in [0.5, 0.6) is 0 Å². The molecule has 27 heavy (non-hydrogen) atoms. The van der Waals surface area contributed by atoms with Gasteiger partial charge in [-0.05, 0) is 62.1 Å². The number of aromatic nitrogens is 2. The van der Waals surface area contributed by atoms with Crippen LogP contribution >= 0.6 is 0 Å². The van der Waals surface area contributed by atoms with E-state index in [4.69, 9.17) is 4.52 Å². The third kappa shape index (κ3) is 3.54. The molecule has 0 fully saturated rings. The van der Waals surface area contributed by atoms with E-state index in [2.05, 4.69) is 20.8 Å². The van der Waals surface area contributed by atoms with Gasteiger partial charge in [0.1, 0.15) is 23.2 Å². The highest BCUT2D eigenvalue weighted by molar-refractivity contribution is 6.08. The maximum Gasteiger partial charge on any atom is 0.261 e. The molecule has 1 aliphatic rings. The average molecular weight is 364 g/mol. The normalized spacial score (nSPS) is 16.1. The van der Waals surface area contributed by atoms with E-state index in [1.807, 2.05) is 24.3 Å². The largest absolute Gasteiger partial charge is 0.374 e. The molecule has 7 nitrogen and oxygen atoms in total. The van der Waals surface area contributed by atoms with E-state index < -0.39 is 6.23 Å². The maximum absolute atomic E-state index is 12.9. The number of fused-ring (bicyclic) bond motifs is 1. The minimum Gasteiger partial charge on any atom is -0.374 e. The van der Waals surface area contributed by atoms with E-state index in [0.29, 0.717) is 34.8 Å². The van der Waals surface area contributed by atoms with Crippen LogP contribution in [0, 0.1) is 6.92 Å². The van der Waals surface area contributed by atoms with Crippen molar-refractivity contribution < 1.29 is 14.4 Å². The lowest BCUT2D eigenvalue weighted by atomic mass is 10.1. The molecule has 1 aromatic carbocycles. The van der Waals surface area contributed by atoms with E-state index in [1.54, 1.807) is 25.3 Å². The molecule has 4 rings (SSSR count). The first-order chi connectivity index (χ1) is 13.1. The Bertz CT molecular complexity index is 969. The first kappa shape index (κ1) is 17.2. The number of hydrogen-bond acceptors (Lipinski definition) is 6. The molecule has 0 radical (unpaired) electrons. The maximum atomic E-state index is 12.9. The van der Waals surface area contributed by atoms with Crippen LogP contribution < -0.4 is 10.6 Å². The van der Waals surface area contributed by atoms with Crippen molar-refractivity contribution >= 4 is 17.3 Å². The molecule has 7 heteroatoms. The van der Waals surface area contributed by atoms with E-state index >= 15 is 0 Å². The second-order valence-corrected chi connectivity index (χ2v) is 6.56. The summed E-state index contributed by atoms with van der Waals surface area (Å²) < 4.78 is 5.24. The lowest BCUT2D eigenvalue weighted by molar-refractivity contribution is 0.102. The zero-order valence-corrected chi connectivity index (χ0v) is 14.9. The Morgan fingerprint density at radius 2 is 2.22 bits per heavy atom. The number of benzene rings is 1. The lowest BCUT2D eigenvalue weighted by Gasteiger charge is -2.13. The number of amides is 1. The van der Waals surface area contributed by atoms with Gasteiger partial charge in [0.25, 0.3) is 5.91 Å². The van der Waals surface area contributed by atoms with Gasteiger partial charge in [0.05, 0.1) is 5.69 Å². The Hall–Kier alpha value is -3.19. The van der Waals surface area contributed by atoms with Crippen LogP contribution in [0.3, 0.4) is 0 Å². The number of anilines is 2. The minimum absolute atomic E-state index is 0.295. The van der Waals surface area contributed by atoms with Gasteiger partial charge in [-0.2, -0.15) is 0 Å². The van der Waals surface area contributed by atoms with Crippen LogP contribution in [-0.2, 0) is 6.42 Å². The van der Waals surface area contributed by atoms with Crippen molar-refractivity contribution in [2.75, 3.05) is 10.6 Å². The zero-order chi connectivity index (χ0) is 18.8. The van der Waals surface area contributed by atoms with Crippen molar-refractivity contribution in [3.05, 3.63) is 59.5 Å². The average Bonchev–Trinajstić information content (AvgIpc) is 2.95. The van der Waals surface area contributed by atoms with Gasteiger partial charge in [0.15, 0.2) is 0 Å². The molecular formula is C20H20N4O3. The molecule has 0 saturated heterocycles. The summed E-state index contributed by atoms with van der Waals surface area (Å²) >= 11 is 0. The predicted molar refractivity (Wildman–Crippen MR) is 101 cm³/mol. The van der Waals surface area contributed by atoms with Crippen LogP contribution in [0.2, 0.25) is 0 Å². The molecule has 1 aliphatic heterocycles. The molecule has 1 atom stereocenters. The summed E-state index contributed by atoms with van der Waals surface area (Å²) in [4.78, 5) is 17.1. The molecule has 1 amide bonds. The Labute approximate surface area is 156 Å². The summed E-state index contributed by atoms with van der Waals surface area (Å²) in [6.07, 6.45) is 3.53. The number of aryl methyl sites for hydroxylation is 2. The van der Waals surface area contributed by atoms with Crippen molar-refractivity contribution in [3.8, 4) is 11.4 Å². The van der Waals surface area contributed by atoms with Crippen molar-refractivity contribution in [1.29, 1.82) is 0 Å². The summed E-state index contributed by atoms with van der Waals surface area (Å²) in [5.74, 6) is 0.142. The lowest BCUT2D eigenvalue weighted by Crippen LogP contribution is -2.17. The summed E-state index contributed by atoms with van der Waals surface area (Å²) in [5.41, 5.74) is 4.02. The third-order valence-corrected chi connectivity index (χ3v) is 4.61. The molecule has 2 aromatic heterocycles. The fourth-order valence-corrected chi connectivity index (χ4v) is 3.27. The number of pyridine rings is 1. The molecule has 3 aromatic rings. The molecule has 1 unspecified atom stereocenters. The second-order valence-electron chi connectivity index (χ2n) is 6.56. The van der Waals surface area contributed by atoms with Gasteiger partial charge in [0, 0.05) is 17.6 Å². The summed E-state index contributed by atoms with van der Waals surface area (Å²) in [6, 6.07) is 11.0. The van der Waals surface area contributed by atoms with Gasteiger partial charge in [-0.15, -0.1) is 0 Å². The van der Waals surface area contributed by atoms with E-state index in [9.17, 15) is 9.90 Å². The first-order valence-corrected chi connectivity index (χ1v) is 8.88. The van der Waals surface area contributed by atoms with E-state index in [0.717, 1.165) is 24.1 Å². The van der Waals surface area contributed by atoms with Gasteiger partial charge >= 0.3 is 0 Å². The first-order valence-electron chi connectivity index (χ1n) is 8.88. The van der Waals surface area contributed by atoms with Crippen molar-refractivity contribution in [2.45, 2.75) is 32.4 Å². The molecule has 0 aliphatic carbocycles. The molecule has 3 N–H and O–H groups in total. The smallest absolute Gasteiger partial charge is 0.261 e. The number of hydrogen-bond donors (Lipinski definition) is 3. The Morgan fingerprint density at radius 3 is 3.04 bits per heavy atom. The summed E-state index contributed by atoms with van der Waals surface area (Å²) in [5, 5.41) is 19.8. The Balaban J connectivity index is 1.61. The summed E-state index contributed by atoms with van der Waals surface area (Å²) in [6.45, 7) is 1.71. The van der Waals surface area contributed by atoms with Gasteiger partial charge in [-0.25, -0.2) is 0 Å². The number of carbonyl (C=O) groups is 1. The second kappa shape index (κ2) is 7.20. The molecule has 0 saturated carbocycles. The number of carbonyl (C=O) groups excluding carboxylic acids is 1. The minimum atomic E-state index is -0.535. The summed E-state index contributed by atoms with van der Waals surface area (Å²) in [7, 11) is 0. The topological polar surface area (TPSA) is 100 Å². The fraction of sp³-hybridized carbons (Fsp3) is 0.250. The standard InChI is InChI=1S/C20H20N4O3/c1-12-18(19(24-27-12)16-6-2-3-10-21-16)20(26)22-14-8-9-15-13(11-14)5-4-7-17(25)23-15/h2-3,6,8-11,17,23,25H,4-5,7H2,1H3,(H,22,26). The van der Waals surface area contributed by atoms with Crippen molar-refractivity contribution in [1.82, 2.24) is 10.1 Å². The Kier molecular flexibility index (Phi) is 4.60. The quantitative estimate of drug-likeness (QED) is 0.659. The van der Waals surface area contributed by atoms with E-state index in [1.165, 1.54) is 0 Å². The molecule has 138 valence electrons. The van der Waals surface area contributed by atoms with Crippen LogP contribution in [0.25, 0.3) is 11.4 Å². The van der Waals surface area contributed by atoms with Crippen molar-refractivity contribution in [2.24, 2.45) is 0 Å². The molecular weight excluding hydrogens is 344 g/mol. The predicted octanol–water partition coefficient (Wildman–Crippen LogP) is 3.36. The highest BCUT2D eigenvalue weighted by Gasteiger charge is 2.23. The van der Waals surface area contributed by atoms with E-state index in [-0.39, 0.29) is 5.91 Å². The van der Waals surface area contributed by atoms with Crippen LogP contribution in [0.1, 0.15) is 34.5 Å². The van der Waals surface area contributed by atoms with Gasteiger partial charge < -0.3 is 20.3 Å². The molecule has 3 heterocycles. The molecule has 0 spiro atoms. The zero-order valence-electron chi connectivity index (χ0n) is 14.9.